The molecular formula is C48H72P2. The lowest BCUT2D eigenvalue weighted by molar-refractivity contribution is 0.546. The molecule has 1 heterocycles. The van der Waals surface area contributed by atoms with E-state index in [0.29, 0.717) is 0 Å². The summed E-state index contributed by atoms with van der Waals surface area (Å²) < 4.78 is 0. The first-order valence-electron chi connectivity index (χ1n) is 19.1. The average Bonchev–Trinajstić information content (AvgIpc) is 2.88. The van der Waals surface area contributed by atoms with E-state index in [2.05, 4.69) is 200 Å². The first-order valence-corrected chi connectivity index (χ1v) is 21.7. The van der Waals surface area contributed by atoms with Crippen LogP contribution in [0.5, 0.6) is 0 Å². The highest BCUT2D eigenvalue weighted by Crippen LogP contribution is 2.69. The predicted octanol–water partition coefficient (Wildman–Crippen LogP) is 14.2. The van der Waals surface area contributed by atoms with Gasteiger partial charge in [0.1, 0.15) is 0 Å². The van der Waals surface area contributed by atoms with Crippen LogP contribution in [0.1, 0.15) is 190 Å². The summed E-state index contributed by atoms with van der Waals surface area (Å²) in [7, 11) is -1.39. The molecule has 0 amide bonds. The SMILES string of the molecule is CC(C)(C)c1cc(C(C)(C)C)c(C2=P(c3ccccc3)=C(c3c(C(C)(C)C)cc(C(C)(C)C)cc3C(C)(C)C)P2C(C)(C)C)c(C(C)(C)C)c1. The Labute approximate surface area is 311 Å². The van der Waals surface area contributed by atoms with Gasteiger partial charge in [0.25, 0.3) is 0 Å². The van der Waals surface area contributed by atoms with Crippen molar-refractivity contribution in [3.8, 4) is 0 Å². The first-order chi connectivity index (χ1) is 22.3. The Morgan fingerprint density at radius 2 is 0.640 bits per heavy atom. The van der Waals surface area contributed by atoms with Crippen molar-refractivity contribution in [3.05, 3.63) is 99.1 Å². The van der Waals surface area contributed by atoms with E-state index >= 15 is 0 Å². The second kappa shape index (κ2) is 12.9. The predicted molar refractivity (Wildman–Crippen MR) is 233 cm³/mol. The zero-order valence-electron chi connectivity index (χ0n) is 36.1. The van der Waals surface area contributed by atoms with Gasteiger partial charge in [0.15, 0.2) is 0 Å². The van der Waals surface area contributed by atoms with Gasteiger partial charge in [-0.3, -0.25) is 0 Å². The van der Waals surface area contributed by atoms with Crippen LogP contribution in [0, 0.1) is 0 Å². The largest absolute Gasteiger partial charge is 0.0756 e. The maximum Gasteiger partial charge on any atom is 0.0135 e. The van der Waals surface area contributed by atoms with E-state index in [0.717, 1.165) is 0 Å². The second-order valence-corrected chi connectivity index (χ2v) is 27.9. The summed E-state index contributed by atoms with van der Waals surface area (Å²) in [6.45, 7) is 51.2. The molecule has 0 saturated heterocycles. The molecule has 0 bridgehead atoms. The molecule has 0 spiro atoms. The third-order valence-corrected chi connectivity index (χ3v) is 17.4. The van der Waals surface area contributed by atoms with Gasteiger partial charge in [-0.2, -0.15) is 0 Å². The minimum Gasteiger partial charge on any atom is -0.0756 e. The van der Waals surface area contributed by atoms with E-state index in [4.69, 9.17) is 0 Å². The molecule has 3 aromatic carbocycles. The third-order valence-electron chi connectivity index (χ3n) is 10.2. The fraction of sp³-hybridized carbons (Fsp3) is 0.583. The van der Waals surface area contributed by atoms with E-state index in [9.17, 15) is 0 Å². The molecule has 274 valence electrons. The molecule has 0 unspecified atom stereocenters. The lowest BCUT2D eigenvalue weighted by atomic mass is 9.72. The smallest absolute Gasteiger partial charge is 0.0135 e. The van der Waals surface area contributed by atoms with Crippen LogP contribution in [0.15, 0.2) is 54.6 Å². The van der Waals surface area contributed by atoms with E-state index < -0.39 is 15.1 Å². The lowest BCUT2D eigenvalue weighted by Crippen LogP contribution is -2.36. The van der Waals surface area contributed by atoms with Crippen molar-refractivity contribution in [1.82, 2.24) is 0 Å². The Morgan fingerprint density at radius 3 is 0.860 bits per heavy atom. The van der Waals surface area contributed by atoms with E-state index in [-0.39, 0.29) is 37.6 Å². The van der Waals surface area contributed by atoms with Crippen LogP contribution in [0.2, 0.25) is 0 Å². The monoisotopic (exact) mass is 711 g/mol. The summed E-state index contributed by atoms with van der Waals surface area (Å²) in [5.41, 5.74) is 12.3. The molecule has 0 radical (unpaired) electrons. The summed E-state index contributed by atoms with van der Waals surface area (Å²) in [4.78, 5) is 0. The Balaban J connectivity index is 2.47. The summed E-state index contributed by atoms with van der Waals surface area (Å²) in [6.07, 6.45) is 0. The second-order valence-electron chi connectivity index (χ2n) is 22.2. The molecule has 0 fully saturated rings. The average molecular weight is 711 g/mol. The molecule has 0 N–H and O–H groups in total. The Bertz CT molecular complexity index is 1660. The van der Waals surface area contributed by atoms with Gasteiger partial charge in [-0.25, -0.2) is 0 Å². The topological polar surface area (TPSA) is 0 Å². The van der Waals surface area contributed by atoms with Crippen LogP contribution >= 0.6 is 15.1 Å². The third kappa shape index (κ3) is 8.04. The van der Waals surface area contributed by atoms with Gasteiger partial charge in [0.2, 0.25) is 0 Å². The minimum absolute atomic E-state index is 0.00256. The molecule has 50 heavy (non-hydrogen) atoms. The Hall–Kier alpha value is -1.87. The zero-order valence-corrected chi connectivity index (χ0v) is 37.9. The van der Waals surface area contributed by atoms with Crippen molar-refractivity contribution >= 4 is 30.5 Å². The van der Waals surface area contributed by atoms with Crippen LogP contribution in [-0.2, 0) is 32.5 Å². The fourth-order valence-corrected chi connectivity index (χ4v) is 16.4. The number of rotatable bonds is 3. The first kappa shape index (κ1) is 40.9. The molecule has 0 nitrogen and oxygen atoms in total. The van der Waals surface area contributed by atoms with Gasteiger partial charge in [-0.15, -0.1) is 0 Å². The van der Waals surface area contributed by atoms with E-state index in [1.54, 1.807) is 21.2 Å². The molecule has 0 aromatic heterocycles. The summed E-state index contributed by atoms with van der Waals surface area (Å²) in [6, 6.07) is 22.0. The molecule has 0 saturated carbocycles. The van der Waals surface area contributed by atoms with Gasteiger partial charge >= 0.3 is 0 Å². The van der Waals surface area contributed by atoms with Gasteiger partial charge in [-0.1, -0.05) is 207 Å². The zero-order chi connectivity index (χ0) is 38.4. The van der Waals surface area contributed by atoms with Gasteiger partial charge < -0.3 is 0 Å². The highest BCUT2D eigenvalue weighted by molar-refractivity contribution is 8.17. The van der Waals surface area contributed by atoms with Crippen LogP contribution in [0.3, 0.4) is 0 Å². The van der Waals surface area contributed by atoms with Crippen molar-refractivity contribution in [2.75, 3.05) is 0 Å². The molecule has 3 aromatic rings. The highest BCUT2D eigenvalue weighted by atomic mass is 31.2. The molecule has 4 rings (SSSR count). The Kier molecular flexibility index (Phi) is 10.6. The quantitative estimate of drug-likeness (QED) is 0.237. The van der Waals surface area contributed by atoms with Crippen molar-refractivity contribution in [2.24, 2.45) is 0 Å². The maximum absolute atomic E-state index is 2.60. The van der Waals surface area contributed by atoms with Crippen LogP contribution in [0.25, 0.3) is 0 Å². The molecule has 1 aliphatic heterocycles. The van der Waals surface area contributed by atoms with E-state index in [1.165, 1.54) is 38.7 Å². The Morgan fingerprint density at radius 1 is 0.360 bits per heavy atom. The lowest BCUT2D eigenvalue weighted by Gasteiger charge is -2.48. The number of hydrogen-bond donors (Lipinski definition) is 0. The van der Waals surface area contributed by atoms with Crippen LogP contribution in [-0.4, -0.2) is 15.2 Å². The van der Waals surface area contributed by atoms with Crippen molar-refractivity contribution < 1.29 is 0 Å². The maximum atomic E-state index is 2.60. The van der Waals surface area contributed by atoms with Crippen molar-refractivity contribution in [2.45, 2.75) is 183 Å². The minimum atomic E-state index is -0.743. The molecule has 1 aliphatic rings. The summed E-state index contributed by atoms with van der Waals surface area (Å²) >= 11 is 0. The summed E-state index contributed by atoms with van der Waals surface area (Å²) in [5.74, 6) is 0. The highest BCUT2D eigenvalue weighted by Gasteiger charge is 2.46. The standard InChI is InChI=1S/C48H72P2/c1-42(2,3)31-27-34(44(7,8)9)38(35(28-31)45(10,11)12)40-49(33-25-23-22-24-26-33)41(50(40)48(19,20)21)39-36(46(13,14)15)29-32(43(4,5)6)30-37(39)47(16,17)18/h22-30H,1-21H3. The molecule has 0 aliphatic carbocycles. The van der Waals surface area contributed by atoms with Gasteiger partial charge in [0, 0.05) is 10.1 Å². The van der Waals surface area contributed by atoms with Crippen molar-refractivity contribution in [3.63, 3.8) is 0 Å². The van der Waals surface area contributed by atoms with Crippen LogP contribution < -0.4 is 5.30 Å². The molecule has 2 heteroatoms. The number of hydrogen-bond acceptors (Lipinski definition) is 0. The van der Waals surface area contributed by atoms with E-state index in [1.807, 2.05) is 0 Å². The van der Waals surface area contributed by atoms with Crippen LogP contribution in [0.4, 0.5) is 0 Å². The van der Waals surface area contributed by atoms with Gasteiger partial charge in [0.05, 0.1) is 0 Å². The summed E-state index contributed by atoms with van der Waals surface area (Å²) in [5, 5.41) is 5.08. The molecular weight excluding hydrogens is 638 g/mol. The fourth-order valence-electron chi connectivity index (χ4n) is 7.26. The van der Waals surface area contributed by atoms with Gasteiger partial charge in [-0.05, 0) is 95.4 Å². The number of benzene rings is 3. The molecule has 0 atom stereocenters. The normalized spacial score (nSPS) is 17.7. The van der Waals surface area contributed by atoms with Crippen molar-refractivity contribution in [1.29, 1.82) is 0 Å².